The van der Waals surface area contributed by atoms with E-state index in [2.05, 4.69) is 0 Å². The molecule has 2 aromatic carbocycles. The smallest absolute Gasteiger partial charge is 0.395 e. The first-order valence-electron chi connectivity index (χ1n) is 12.3. The number of esters is 1. The number of ether oxygens (including phenoxy) is 2. The van der Waals surface area contributed by atoms with Crippen LogP contribution in [0, 0.1) is 23.0 Å². The van der Waals surface area contributed by atoms with E-state index < -0.39 is 29.2 Å². The summed E-state index contributed by atoms with van der Waals surface area (Å²) in [5, 5.41) is 0. The predicted molar refractivity (Wildman–Crippen MR) is 125 cm³/mol. The maximum Gasteiger partial charge on any atom is 0.395 e. The second kappa shape index (κ2) is 10.7. The van der Waals surface area contributed by atoms with Crippen LogP contribution >= 0.6 is 0 Å². The molecule has 2 aromatic rings. The second-order valence-corrected chi connectivity index (χ2v) is 9.72. The molecule has 2 aliphatic rings. The molecule has 196 valence electrons. The quantitative estimate of drug-likeness (QED) is 0.295. The minimum Gasteiger partial charge on any atom is -0.490 e. The van der Waals surface area contributed by atoms with Crippen LogP contribution in [-0.4, -0.2) is 49.9 Å². The summed E-state index contributed by atoms with van der Waals surface area (Å²) in [6.07, 6.45) is -1.74. The third-order valence-corrected chi connectivity index (χ3v) is 7.35. The average molecular weight is 512 g/mol. The minimum atomic E-state index is -4.16. The number of alkyl halides is 3. The zero-order chi connectivity index (χ0) is 25.9. The van der Waals surface area contributed by atoms with Gasteiger partial charge in [-0.15, -0.1) is 0 Å². The Morgan fingerprint density at radius 1 is 1.03 bits per heavy atom. The molecule has 9 heteroatoms. The van der Waals surface area contributed by atoms with Crippen molar-refractivity contribution >= 4 is 5.97 Å². The highest BCUT2D eigenvalue weighted by Gasteiger charge is 2.58. The fraction of sp³-hybridized carbons (Fsp3) is 0.519. The minimum absolute atomic E-state index is 0.0571. The summed E-state index contributed by atoms with van der Waals surface area (Å²) in [7, 11) is 0. The molecule has 2 fully saturated rings. The Morgan fingerprint density at radius 3 is 2.19 bits per heavy atom. The standard InChI is InChI=1S/C27H30F5NO3/c1-2-35-25(34)21-6-4-19(14-22(21)28)20-5-7-24(23(29)15-20)36-16-18-8-12-33(13-9-18)17-26(10-3-11-26)27(30,31)32/h4-7,14-15,18H,2-3,8-13,16-17H2,1H3. The lowest BCUT2D eigenvalue weighted by Crippen LogP contribution is -2.53. The van der Waals surface area contributed by atoms with Crippen LogP contribution in [0.2, 0.25) is 0 Å². The summed E-state index contributed by atoms with van der Waals surface area (Å²) in [5.74, 6) is -1.91. The summed E-state index contributed by atoms with van der Waals surface area (Å²) in [4.78, 5) is 13.7. The van der Waals surface area contributed by atoms with Crippen LogP contribution in [-0.2, 0) is 4.74 Å². The number of benzene rings is 2. The van der Waals surface area contributed by atoms with Gasteiger partial charge in [-0.3, -0.25) is 0 Å². The summed E-state index contributed by atoms with van der Waals surface area (Å²) < 4.78 is 79.9. The van der Waals surface area contributed by atoms with E-state index in [-0.39, 0.29) is 49.8 Å². The zero-order valence-electron chi connectivity index (χ0n) is 20.2. The van der Waals surface area contributed by atoms with Crippen LogP contribution in [0.4, 0.5) is 22.0 Å². The molecule has 4 rings (SSSR count). The molecular formula is C27H30F5NO3. The van der Waals surface area contributed by atoms with Gasteiger partial charge < -0.3 is 14.4 Å². The molecule has 36 heavy (non-hydrogen) atoms. The van der Waals surface area contributed by atoms with E-state index >= 15 is 0 Å². The van der Waals surface area contributed by atoms with Crippen molar-refractivity contribution in [2.75, 3.05) is 32.8 Å². The molecule has 1 saturated heterocycles. The Morgan fingerprint density at radius 2 is 1.67 bits per heavy atom. The molecule has 1 aliphatic carbocycles. The lowest BCUT2D eigenvalue weighted by Gasteiger charge is -2.47. The molecule has 1 heterocycles. The Kier molecular flexibility index (Phi) is 7.87. The van der Waals surface area contributed by atoms with Gasteiger partial charge in [0.25, 0.3) is 0 Å². The fourth-order valence-electron chi connectivity index (χ4n) is 4.95. The van der Waals surface area contributed by atoms with E-state index in [0.717, 1.165) is 6.07 Å². The molecule has 0 radical (unpaired) electrons. The van der Waals surface area contributed by atoms with Crippen molar-refractivity contribution in [2.24, 2.45) is 11.3 Å². The van der Waals surface area contributed by atoms with Crippen LogP contribution < -0.4 is 4.74 Å². The normalized spacial score (nSPS) is 18.5. The van der Waals surface area contributed by atoms with Gasteiger partial charge in [-0.2, -0.15) is 13.2 Å². The Labute approximate surface area is 207 Å². The predicted octanol–water partition coefficient (Wildman–Crippen LogP) is 6.63. The van der Waals surface area contributed by atoms with Crippen molar-refractivity contribution in [3.63, 3.8) is 0 Å². The first-order valence-corrected chi connectivity index (χ1v) is 12.3. The molecule has 4 nitrogen and oxygen atoms in total. The van der Waals surface area contributed by atoms with Gasteiger partial charge >= 0.3 is 12.1 Å². The van der Waals surface area contributed by atoms with E-state index in [1.807, 2.05) is 4.90 Å². The summed E-state index contributed by atoms with van der Waals surface area (Å²) >= 11 is 0. The SMILES string of the molecule is CCOC(=O)c1ccc(-c2ccc(OCC3CCN(CC4(C(F)(F)F)CCC4)CC3)c(F)c2)cc1F. The van der Waals surface area contributed by atoms with Crippen molar-refractivity contribution in [1.82, 2.24) is 4.90 Å². The van der Waals surface area contributed by atoms with Gasteiger partial charge in [0.05, 0.1) is 24.2 Å². The van der Waals surface area contributed by atoms with Gasteiger partial charge in [0.1, 0.15) is 5.82 Å². The monoisotopic (exact) mass is 511 g/mol. The van der Waals surface area contributed by atoms with Gasteiger partial charge in [0.15, 0.2) is 11.6 Å². The van der Waals surface area contributed by atoms with Crippen molar-refractivity contribution in [3.05, 3.63) is 53.6 Å². The summed E-state index contributed by atoms with van der Waals surface area (Å²) in [6.45, 7) is 3.23. The van der Waals surface area contributed by atoms with Crippen molar-refractivity contribution < 1.29 is 36.2 Å². The van der Waals surface area contributed by atoms with Crippen molar-refractivity contribution in [3.8, 4) is 16.9 Å². The van der Waals surface area contributed by atoms with Gasteiger partial charge in [-0.25, -0.2) is 13.6 Å². The number of carbonyl (C=O) groups is 1. The lowest BCUT2D eigenvalue weighted by molar-refractivity contribution is -0.256. The van der Waals surface area contributed by atoms with Gasteiger partial charge in [-0.1, -0.05) is 18.6 Å². The first kappa shape index (κ1) is 26.4. The number of piperidine rings is 1. The molecule has 0 N–H and O–H groups in total. The van der Waals surface area contributed by atoms with Crippen LogP contribution in [0.1, 0.15) is 49.4 Å². The van der Waals surface area contributed by atoms with Crippen molar-refractivity contribution in [2.45, 2.75) is 45.2 Å². The molecular weight excluding hydrogens is 481 g/mol. The lowest BCUT2D eigenvalue weighted by atomic mass is 9.67. The number of likely N-dealkylation sites (tertiary alicyclic amines) is 1. The Bertz CT molecular complexity index is 1080. The molecule has 0 amide bonds. The highest BCUT2D eigenvalue weighted by atomic mass is 19.4. The third kappa shape index (κ3) is 5.66. The van der Waals surface area contributed by atoms with Crippen LogP contribution in [0.15, 0.2) is 36.4 Å². The van der Waals surface area contributed by atoms with Crippen LogP contribution in [0.3, 0.4) is 0 Å². The molecule has 1 saturated carbocycles. The van der Waals surface area contributed by atoms with Crippen LogP contribution in [0.25, 0.3) is 11.1 Å². The Balaban J connectivity index is 1.30. The van der Waals surface area contributed by atoms with Gasteiger partial charge in [0.2, 0.25) is 0 Å². The van der Waals surface area contributed by atoms with Crippen LogP contribution in [0.5, 0.6) is 5.75 Å². The molecule has 1 aliphatic heterocycles. The largest absolute Gasteiger partial charge is 0.490 e. The highest BCUT2D eigenvalue weighted by Crippen LogP contribution is 2.53. The maximum absolute atomic E-state index is 14.7. The number of hydrogen-bond donors (Lipinski definition) is 0. The summed E-state index contributed by atoms with van der Waals surface area (Å²) in [5.41, 5.74) is -0.907. The molecule has 0 atom stereocenters. The molecule has 0 unspecified atom stereocenters. The number of halogens is 5. The molecule has 0 aromatic heterocycles. The van der Waals surface area contributed by atoms with Crippen molar-refractivity contribution in [1.29, 1.82) is 0 Å². The molecule has 0 bridgehead atoms. The number of rotatable bonds is 8. The molecule has 0 spiro atoms. The number of nitrogens with zero attached hydrogens (tertiary/aromatic N) is 1. The zero-order valence-corrected chi connectivity index (χ0v) is 20.2. The Hall–Kier alpha value is -2.68. The van der Waals surface area contributed by atoms with E-state index in [9.17, 15) is 26.7 Å². The average Bonchev–Trinajstić information content (AvgIpc) is 2.80. The van der Waals surface area contributed by atoms with Gasteiger partial charge in [-0.05, 0) is 87.0 Å². The highest BCUT2D eigenvalue weighted by molar-refractivity contribution is 5.90. The number of hydrogen-bond acceptors (Lipinski definition) is 4. The summed E-state index contributed by atoms with van der Waals surface area (Å²) in [6, 6.07) is 8.30. The van der Waals surface area contributed by atoms with E-state index in [1.54, 1.807) is 13.0 Å². The van der Waals surface area contributed by atoms with Gasteiger partial charge in [0, 0.05) is 6.54 Å². The third-order valence-electron chi connectivity index (χ3n) is 7.35. The maximum atomic E-state index is 14.7. The first-order chi connectivity index (χ1) is 17.1. The van der Waals surface area contributed by atoms with E-state index in [0.29, 0.717) is 43.5 Å². The topological polar surface area (TPSA) is 38.8 Å². The number of carbonyl (C=O) groups excluding carboxylic acids is 1. The second-order valence-electron chi connectivity index (χ2n) is 9.72. The van der Waals surface area contributed by atoms with E-state index in [1.165, 1.54) is 24.3 Å². The fourth-order valence-corrected chi connectivity index (χ4v) is 4.95. The van der Waals surface area contributed by atoms with E-state index in [4.69, 9.17) is 9.47 Å².